The molecule has 6 heteroatoms. The number of ether oxygens (including phenoxy) is 2. The van der Waals surface area contributed by atoms with E-state index in [1.807, 2.05) is 27.7 Å². The Morgan fingerprint density at radius 1 is 1.18 bits per heavy atom. The number of carbonyl (C=O) groups is 1. The minimum Gasteiger partial charge on any atom is -0.497 e. The number of rotatable bonds is 4. The third kappa shape index (κ3) is 2.98. The van der Waals surface area contributed by atoms with Crippen LogP contribution in [0.5, 0.6) is 5.75 Å². The van der Waals surface area contributed by atoms with E-state index in [2.05, 4.69) is 0 Å². The highest BCUT2D eigenvalue weighted by Gasteiger charge is 2.52. The summed E-state index contributed by atoms with van der Waals surface area (Å²) in [6, 6.07) is 5.13. The van der Waals surface area contributed by atoms with E-state index >= 15 is 0 Å². The molecule has 0 unspecified atom stereocenters. The molecule has 1 aromatic rings. The zero-order valence-corrected chi connectivity index (χ0v) is 14.1. The van der Waals surface area contributed by atoms with E-state index in [1.165, 1.54) is 0 Å². The number of carbonyl (C=O) groups excluding carboxylic acids is 1. The molecule has 120 valence electrons. The molecule has 2 rings (SSSR count). The maximum atomic E-state index is 11.8. The van der Waals surface area contributed by atoms with E-state index in [0.717, 1.165) is 5.46 Å². The maximum Gasteiger partial charge on any atom is 0.498 e. The summed E-state index contributed by atoms with van der Waals surface area (Å²) in [6.07, 6.45) is 0. The van der Waals surface area contributed by atoms with Crippen molar-refractivity contribution in [2.45, 2.75) is 45.8 Å². The van der Waals surface area contributed by atoms with E-state index in [9.17, 15) is 4.79 Å². The molecule has 0 saturated carbocycles. The van der Waals surface area contributed by atoms with Gasteiger partial charge in [-0.25, -0.2) is 4.79 Å². The smallest absolute Gasteiger partial charge is 0.497 e. The zero-order valence-electron chi connectivity index (χ0n) is 14.1. The van der Waals surface area contributed by atoms with Crippen LogP contribution in [0, 0.1) is 0 Å². The molecule has 1 aliphatic heterocycles. The van der Waals surface area contributed by atoms with Crippen LogP contribution in [0.2, 0.25) is 0 Å². The van der Waals surface area contributed by atoms with Crippen molar-refractivity contribution in [3.8, 4) is 5.75 Å². The highest BCUT2D eigenvalue weighted by Crippen LogP contribution is 2.37. The normalized spacial score (nSPS) is 19.1. The van der Waals surface area contributed by atoms with Gasteiger partial charge in [0.1, 0.15) is 5.75 Å². The van der Waals surface area contributed by atoms with Crippen LogP contribution in [0.4, 0.5) is 0 Å². The van der Waals surface area contributed by atoms with Crippen molar-refractivity contribution >= 4 is 18.6 Å². The molecule has 1 aromatic carbocycles. The quantitative estimate of drug-likeness (QED) is 0.630. The summed E-state index contributed by atoms with van der Waals surface area (Å²) in [6.45, 7) is 10.1. The molecule has 1 saturated heterocycles. The number of methoxy groups -OCH3 is 1. The van der Waals surface area contributed by atoms with Crippen LogP contribution >= 0.6 is 0 Å². The Kier molecular flexibility index (Phi) is 4.54. The van der Waals surface area contributed by atoms with Crippen molar-refractivity contribution in [1.82, 2.24) is 0 Å². The van der Waals surface area contributed by atoms with Crippen LogP contribution in [0.1, 0.15) is 45.0 Å². The first kappa shape index (κ1) is 16.8. The van der Waals surface area contributed by atoms with Crippen molar-refractivity contribution in [3.05, 3.63) is 23.8 Å². The minimum absolute atomic E-state index is 0.333. The Hall–Kier alpha value is -1.53. The second-order valence-electron chi connectivity index (χ2n) is 6.27. The van der Waals surface area contributed by atoms with Gasteiger partial charge in [-0.2, -0.15) is 0 Å². The van der Waals surface area contributed by atoms with Crippen molar-refractivity contribution in [1.29, 1.82) is 0 Å². The highest BCUT2D eigenvalue weighted by molar-refractivity contribution is 6.63. The summed E-state index contributed by atoms with van der Waals surface area (Å²) in [7, 11) is 1.02. The second kappa shape index (κ2) is 5.93. The molecule has 0 spiro atoms. The van der Waals surface area contributed by atoms with Crippen LogP contribution in [0.25, 0.3) is 0 Å². The third-order valence-corrected chi connectivity index (χ3v) is 4.25. The van der Waals surface area contributed by atoms with Gasteiger partial charge in [0, 0.05) is 5.46 Å². The molecule has 0 aliphatic carbocycles. The maximum absolute atomic E-state index is 11.8. The summed E-state index contributed by atoms with van der Waals surface area (Å²) in [5.41, 5.74) is 0.346. The standard InChI is InChI=1S/C16H23BO5/c1-7-20-14(18)11-8-9-12(13(10-11)19-6)17-21-15(2,3)16(4,5)22-17/h8-10H,7H2,1-6H3. The van der Waals surface area contributed by atoms with Crippen LogP contribution in [-0.4, -0.2) is 38.0 Å². The van der Waals surface area contributed by atoms with Crippen molar-refractivity contribution < 1.29 is 23.6 Å². The molecule has 1 fully saturated rings. The van der Waals surface area contributed by atoms with Gasteiger partial charge in [-0.15, -0.1) is 0 Å². The molecular formula is C16H23BO5. The number of esters is 1. The summed E-state index contributed by atoms with van der Waals surface area (Å²) in [4.78, 5) is 11.8. The lowest BCUT2D eigenvalue weighted by atomic mass is 9.78. The molecule has 0 bridgehead atoms. The molecule has 0 atom stereocenters. The first-order valence-electron chi connectivity index (χ1n) is 7.42. The van der Waals surface area contributed by atoms with Gasteiger partial charge in [0.05, 0.1) is 30.5 Å². The van der Waals surface area contributed by atoms with Gasteiger partial charge < -0.3 is 18.8 Å². The van der Waals surface area contributed by atoms with Crippen LogP contribution in [0.3, 0.4) is 0 Å². The molecule has 1 heterocycles. The average Bonchev–Trinajstić information content (AvgIpc) is 2.67. The average molecular weight is 306 g/mol. The summed E-state index contributed by atoms with van der Waals surface area (Å²) in [5, 5.41) is 0. The fraction of sp³-hybridized carbons (Fsp3) is 0.562. The van der Waals surface area contributed by atoms with Crippen LogP contribution in [0.15, 0.2) is 18.2 Å². The van der Waals surface area contributed by atoms with Gasteiger partial charge in [0.15, 0.2) is 0 Å². The van der Waals surface area contributed by atoms with E-state index < -0.39 is 18.3 Å². The van der Waals surface area contributed by atoms with Gasteiger partial charge in [0.2, 0.25) is 0 Å². The van der Waals surface area contributed by atoms with Gasteiger partial charge in [-0.1, -0.05) is 6.07 Å². The largest absolute Gasteiger partial charge is 0.498 e. The molecule has 0 N–H and O–H groups in total. The van der Waals surface area contributed by atoms with E-state index in [-0.39, 0.29) is 5.97 Å². The second-order valence-corrected chi connectivity index (χ2v) is 6.27. The topological polar surface area (TPSA) is 54.0 Å². The Balaban J connectivity index is 2.31. The number of hydrogen-bond acceptors (Lipinski definition) is 5. The highest BCUT2D eigenvalue weighted by atomic mass is 16.7. The Morgan fingerprint density at radius 3 is 2.27 bits per heavy atom. The fourth-order valence-corrected chi connectivity index (χ4v) is 2.22. The fourth-order valence-electron chi connectivity index (χ4n) is 2.22. The zero-order chi connectivity index (χ0) is 16.5. The van der Waals surface area contributed by atoms with E-state index in [0.29, 0.717) is 17.9 Å². The van der Waals surface area contributed by atoms with Crippen molar-refractivity contribution in [2.24, 2.45) is 0 Å². The Bertz CT molecular complexity index is 552. The first-order valence-corrected chi connectivity index (χ1v) is 7.42. The van der Waals surface area contributed by atoms with Crippen molar-refractivity contribution in [3.63, 3.8) is 0 Å². The predicted molar refractivity (Wildman–Crippen MR) is 84.7 cm³/mol. The molecule has 0 aromatic heterocycles. The van der Waals surface area contributed by atoms with Gasteiger partial charge >= 0.3 is 13.1 Å². The van der Waals surface area contributed by atoms with E-state index in [4.69, 9.17) is 18.8 Å². The molecule has 22 heavy (non-hydrogen) atoms. The molecule has 0 radical (unpaired) electrons. The summed E-state index contributed by atoms with van der Waals surface area (Å²) >= 11 is 0. The number of benzene rings is 1. The monoisotopic (exact) mass is 306 g/mol. The van der Waals surface area contributed by atoms with Crippen molar-refractivity contribution in [2.75, 3.05) is 13.7 Å². The SMILES string of the molecule is CCOC(=O)c1ccc(B2OC(C)(C)C(C)(C)O2)c(OC)c1. The predicted octanol–water partition coefficient (Wildman–Crippen LogP) is 2.17. The Morgan fingerprint density at radius 2 is 1.77 bits per heavy atom. The van der Waals surface area contributed by atoms with E-state index in [1.54, 1.807) is 32.2 Å². The molecule has 5 nitrogen and oxygen atoms in total. The minimum atomic E-state index is -0.531. The lowest BCUT2D eigenvalue weighted by Gasteiger charge is -2.32. The molecule has 1 aliphatic rings. The lowest BCUT2D eigenvalue weighted by Crippen LogP contribution is -2.41. The van der Waals surface area contributed by atoms with Gasteiger partial charge in [-0.05, 0) is 46.8 Å². The lowest BCUT2D eigenvalue weighted by molar-refractivity contribution is 0.00578. The van der Waals surface area contributed by atoms with Gasteiger partial charge in [0.25, 0.3) is 0 Å². The molecule has 0 amide bonds. The number of hydrogen-bond donors (Lipinski definition) is 0. The first-order chi connectivity index (χ1) is 10.2. The summed E-state index contributed by atoms with van der Waals surface area (Å²) in [5.74, 6) is 0.172. The van der Waals surface area contributed by atoms with Crippen LogP contribution in [-0.2, 0) is 14.0 Å². The third-order valence-electron chi connectivity index (χ3n) is 4.25. The Labute approximate surface area is 132 Å². The molecular weight excluding hydrogens is 283 g/mol. The van der Waals surface area contributed by atoms with Crippen LogP contribution < -0.4 is 10.2 Å². The van der Waals surface area contributed by atoms with Gasteiger partial charge in [-0.3, -0.25) is 0 Å². The summed E-state index contributed by atoms with van der Waals surface area (Å²) < 4.78 is 22.4.